The van der Waals surface area contributed by atoms with Gasteiger partial charge in [0.2, 0.25) is 0 Å². The first-order chi connectivity index (χ1) is 21.7. The van der Waals surface area contributed by atoms with Crippen molar-refractivity contribution in [1.82, 2.24) is 25.2 Å². The molecule has 2 aromatic carbocycles. The van der Waals surface area contributed by atoms with Gasteiger partial charge in [-0.1, -0.05) is 20.8 Å². The molecule has 2 N–H and O–H groups in total. The standard InChI is InChI=1S/C35H43N7O4/c1-23-18-25(10-13-29(23)45-26-11-8-24(9-12-26)32(43)37-21-34(2,3)4)40-31-27-19-30(36-20-28(27)38-22-39-31)41-14-16-42(17-15-41)33(44)46-35(5,6)7/h8-13,18-20,22H,14-17,21H2,1-7H3,(H,37,43)(H,38,39,40). The Hall–Kier alpha value is -4.93. The molecule has 46 heavy (non-hydrogen) atoms. The lowest BCUT2D eigenvalue weighted by molar-refractivity contribution is 0.0240. The van der Waals surface area contributed by atoms with Gasteiger partial charge in [0.25, 0.3) is 5.91 Å². The van der Waals surface area contributed by atoms with Crippen molar-refractivity contribution in [1.29, 1.82) is 0 Å². The molecule has 1 aliphatic rings. The number of nitrogens with one attached hydrogen (secondary N) is 2. The van der Waals surface area contributed by atoms with Crippen molar-refractivity contribution >= 4 is 40.2 Å². The van der Waals surface area contributed by atoms with E-state index in [1.807, 2.05) is 52.0 Å². The van der Waals surface area contributed by atoms with E-state index in [-0.39, 0.29) is 17.4 Å². The third-order valence-electron chi connectivity index (χ3n) is 7.32. The Balaban J connectivity index is 1.24. The van der Waals surface area contributed by atoms with E-state index in [2.05, 4.69) is 51.3 Å². The van der Waals surface area contributed by atoms with Crippen LogP contribution in [0.4, 0.5) is 22.1 Å². The molecular weight excluding hydrogens is 582 g/mol. The van der Waals surface area contributed by atoms with Crippen molar-refractivity contribution in [2.24, 2.45) is 5.41 Å². The minimum Gasteiger partial charge on any atom is -0.457 e. The van der Waals surface area contributed by atoms with Crippen molar-refractivity contribution in [3.8, 4) is 11.5 Å². The van der Waals surface area contributed by atoms with E-state index in [9.17, 15) is 9.59 Å². The molecule has 1 fully saturated rings. The number of hydrogen-bond acceptors (Lipinski definition) is 9. The van der Waals surface area contributed by atoms with E-state index in [0.29, 0.717) is 55.6 Å². The fraction of sp³-hybridized carbons (Fsp3) is 0.400. The van der Waals surface area contributed by atoms with Gasteiger partial charge in [-0.05, 0) is 87.2 Å². The van der Waals surface area contributed by atoms with E-state index in [1.165, 1.54) is 6.33 Å². The minimum absolute atomic E-state index is 0.0137. The maximum atomic E-state index is 12.5. The van der Waals surface area contributed by atoms with Crippen molar-refractivity contribution in [3.63, 3.8) is 0 Å². The number of fused-ring (bicyclic) bond motifs is 1. The summed E-state index contributed by atoms with van der Waals surface area (Å²) in [6, 6.07) is 14.9. The zero-order valence-electron chi connectivity index (χ0n) is 27.7. The van der Waals surface area contributed by atoms with E-state index in [4.69, 9.17) is 9.47 Å². The number of piperazine rings is 1. The Morgan fingerprint density at radius 2 is 1.61 bits per heavy atom. The molecule has 0 unspecified atom stereocenters. The van der Waals surface area contributed by atoms with Gasteiger partial charge in [-0.2, -0.15) is 0 Å². The SMILES string of the molecule is Cc1cc(Nc2ncnc3cnc(N4CCN(C(=O)OC(C)(C)C)CC4)cc23)ccc1Oc1ccc(C(=O)NCC(C)(C)C)cc1. The van der Waals surface area contributed by atoms with Gasteiger partial charge in [0.15, 0.2) is 0 Å². The number of carbonyl (C=O) groups is 2. The van der Waals surface area contributed by atoms with Gasteiger partial charge in [-0.15, -0.1) is 0 Å². The van der Waals surface area contributed by atoms with Crippen LogP contribution in [0.5, 0.6) is 11.5 Å². The average molecular weight is 626 g/mol. The highest BCUT2D eigenvalue weighted by atomic mass is 16.6. The molecule has 0 radical (unpaired) electrons. The third kappa shape index (κ3) is 8.41. The number of pyridine rings is 1. The molecule has 11 nitrogen and oxygen atoms in total. The molecule has 2 aromatic heterocycles. The molecule has 0 atom stereocenters. The summed E-state index contributed by atoms with van der Waals surface area (Å²) in [4.78, 5) is 42.4. The van der Waals surface area contributed by atoms with Crippen LogP contribution in [0.25, 0.3) is 10.9 Å². The first-order valence-corrected chi connectivity index (χ1v) is 15.5. The Bertz CT molecular complexity index is 1700. The second-order valence-electron chi connectivity index (χ2n) is 13.7. The summed E-state index contributed by atoms with van der Waals surface area (Å²) < 4.78 is 11.7. The summed E-state index contributed by atoms with van der Waals surface area (Å²) in [7, 11) is 0. The molecule has 11 heteroatoms. The Kier molecular flexibility index (Phi) is 9.32. The summed E-state index contributed by atoms with van der Waals surface area (Å²) in [6.45, 7) is 16.8. The first-order valence-electron chi connectivity index (χ1n) is 15.5. The Morgan fingerprint density at radius 3 is 2.26 bits per heavy atom. The number of carbonyl (C=O) groups excluding carboxylic acids is 2. The number of aryl methyl sites for hydroxylation is 1. The molecule has 0 bridgehead atoms. The van der Waals surface area contributed by atoms with Gasteiger partial charge in [0.05, 0.1) is 11.7 Å². The van der Waals surface area contributed by atoms with Gasteiger partial charge in [-0.3, -0.25) is 4.79 Å². The predicted octanol–water partition coefficient (Wildman–Crippen LogP) is 6.70. The smallest absolute Gasteiger partial charge is 0.410 e. The summed E-state index contributed by atoms with van der Waals surface area (Å²) in [5.74, 6) is 2.71. The zero-order valence-corrected chi connectivity index (χ0v) is 27.7. The number of aromatic nitrogens is 3. The number of nitrogens with zero attached hydrogens (tertiary/aromatic N) is 5. The second kappa shape index (κ2) is 13.2. The van der Waals surface area contributed by atoms with Gasteiger partial charge >= 0.3 is 6.09 Å². The Labute approximate surface area is 270 Å². The highest BCUT2D eigenvalue weighted by molar-refractivity contribution is 5.94. The average Bonchev–Trinajstić information content (AvgIpc) is 3.00. The van der Waals surface area contributed by atoms with Crippen LogP contribution in [0.1, 0.15) is 57.5 Å². The second-order valence-corrected chi connectivity index (χ2v) is 13.7. The monoisotopic (exact) mass is 625 g/mol. The molecule has 2 amide bonds. The van der Waals surface area contributed by atoms with Gasteiger partial charge in [0.1, 0.15) is 35.1 Å². The molecule has 4 aromatic rings. The highest BCUT2D eigenvalue weighted by Crippen LogP contribution is 2.31. The van der Waals surface area contributed by atoms with Crippen LogP contribution in [0, 0.1) is 12.3 Å². The van der Waals surface area contributed by atoms with E-state index >= 15 is 0 Å². The maximum Gasteiger partial charge on any atom is 0.410 e. The van der Waals surface area contributed by atoms with Crippen molar-refractivity contribution in [2.45, 2.75) is 54.1 Å². The first kappa shape index (κ1) is 32.5. The van der Waals surface area contributed by atoms with Crippen LogP contribution in [0.2, 0.25) is 0 Å². The van der Waals surface area contributed by atoms with E-state index in [1.54, 1.807) is 35.4 Å². The van der Waals surface area contributed by atoms with Crippen LogP contribution < -0.4 is 20.3 Å². The highest BCUT2D eigenvalue weighted by Gasteiger charge is 2.26. The lowest BCUT2D eigenvalue weighted by Gasteiger charge is -2.36. The van der Waals surface area contributed by atoms with Crippen molar-refractivity contribution < 1.29 is 19.1 Å². The summed E-state index contributed by atoms with van der Waals surface area (Å²) in [6.07, 6.45) is 2.97. The topological polar surface area (TPSA) is 122 Å². The number of anilines is 3. The molecule has 1 saturated heterocycles. The Morgan fingerprint density at radius 1 is 0.891 bits per heavy atom. The summed E-state index contributed by atoms with van der Waals surface area (Å²) in [5.41, 5.74) is 2.58. The van der Waals surface area contributed by atoms with Crippen LogP contribution in [-0.4, -0.2) is 70.2 Å². The third-order valence-corrected chi connectivity index (χ3v) is 7.32. The molecule has 3 heterocycles. The van der Waals surface area contributed by atoms with Crippen LogP contribution in [0.15, 0.2) is 61.1 Å². The van der Waals surface area contributed by atoms with Crippen LogP contribution in [-0.2, 0) is 4.74 Å². The van der Waals surface area contributed by atoms with Crippen molar-refractivity contribution in [3.05, 3.63) is 72.2 Å². The fourth-order valence-electron chi connectivity index (χ4n) is 4.89. The maximum absolute atomic E-state index is 12.5. The lowest BCUT2D eigenvalue weighted by atomic mass is 9.97. The predicted molar refractivity (Wildman–Crippen MR) is 180 cm³/mol. The van der Waals surface area contributed by atoms with Crippen molar-refractivity contribution in [2.75, 3.05) is 42.9 Å². The van der Waals surface area contributed by atoms with Gasteiger partial charge < -0.3 is 29.9 Å². The fourth-order valence-corrected chi connectivity index (χ4v) is 4.89. The summed E-state index contributed by atoms with van der Waals surface area (Å²) >= 11 is 0. The molecule has 242 valence electrons. The normalized spacial score (nSPS) is 13.8. The van der Waals surface area contributed by atoms with Crippen LogP contribution in [0.3, 0.4) is 0 Å². The van der Waals surface area contributed by atoms with E-state index < -0.39 is 5.60 Å². The molecule has 0 aliphatic carbocycles. The number of hydrogen-bond donors (Lipinski definition) is 2. The molecule has 0 saturated carbocycles. The van der Waals surface area contributed by atoms with E-state index in [0.717, 1.165) is 28.0 Å². The molecule has 1 aliphatic heterocycles. The molecule has 0 spiro atoms. The van der Waals surface area contributed by atoms with Gasteiger partial charge in [-0.25, -0.2) is 19.7 Å². The number of benzene rings is 2. The number of rotatable bonds is 7. The zero-order chi connectivity index (χ0) is 33.1. The van der Waals surface area contributed by atoms with Gasteiger partial charge in [0, 0.05) is 49.4 Å². The largest absolute Gasteiger partial charge is 0.457 e. The molecule has 5 rings (SSSR count). The summed E-state index contributed by atoms with van der Waals surface area (Å²) in [5, 5.41) is 7.23. The number of ether oxygens (including phenoxy) is 2. The minimum atomic E-state index is -0.526. The lowest BCUT2D eigenvalue weighted by Crippen LogP contribution is -2.50. The molecular formula is C35H43N7O4. The quantitative estimate of drug-likeness (QED) is 0.231. The van der Waals surface area contributed by atoms with Crippen LogP contribution >= 0.6 is 0 Å². The number of amides is 2.